The fourth-order valence-electron chi connectivity index (χ4n) is 3.63. The molecule has 1 aliphatic heterocycles. The summed E-state index contributed by atoms with van der Waals surface area (Å²) in [7, 11) is 0. The zero-order chi connectivity index (χ0) is 22.8. The van der Waals surface area contributed by atoms with Gasteiger partial charge in [0.05, 0.1) is 12.5 Å². The SMILES string of the molecule is CC(C)N1CC(C(=O)N(Cc2ccc(-c3nnc(C(F)F)o3)cc2F)c2ccccc2)C1. The van der Waals surface area contributed by atoms with E-state index in [0.717, 1.165) is 6.07 Å². The molecule has 0 unspecified atom stereocenters. The highest BCUT2D eigenvalue weighted by molar-refractivity contribution is 5.95. The molecular weight excluding hydrogens is 421 g/mol. The van der Waals surface area contributed by atoms with Gasteiger partial charge in [-0.15, -0.1) is 10.2 Å². The van der Waals surface area contributed by atoms with Crippen LogP contribution >= 0.6 is 0 Å². The third-order valence-electron chi connectivity index (χ3n) is 5.58. The number of amides is 1. The average Bonchev–Trinajstić information content (AvgIpc) is 3.22. The molecule has 6 nitrogen and oxygen atoms in total. The van der Waals surface area contributed by atoms with Crippen molar-refractivity contribution in [1.29, 1.82) is 0 Å². The largest absolute Gasteiger partial charge is 0.415 e. The van der Waals surface area contributed by atoms with E-state index in [2.05, 4.69) is 28.9 Å². The number of aromatic nitrogens is 2. The number of benzene rings is 2. The summed E-state index contributed by atoms with van der Waals surface area (Å²) in [5.74, 6) is -1.81. The summed E-state index contributed by atoms with van der Waals surface area (Å²) < 4.78 is 45.2. The van der Waals surface area contributed by atoms with Crippen molar-refractivity contribution < 1.29 is 22.4 Å². The molecule has 0 N–H and O–H groups in total. The molecule has 2 aromatic carbocycles. The Balaban J connectivity index is 1.56. The van der Waals surface area contributed by atoms with Gasteiger partial charge in [0, 0.05) is 35.9 Å². The lowest BCUT2D eigenvalue weighted by Crippen LogP contribution is -2.56. The maximum Gasteiger partial charge on any atom is 0.314 e. The minimum Gasteiger partial charge on any atom is -0.415 e. The van der Waals surface area contributed by atoms with Crippen LogP contribution in [0.3, 0.4) is 0 Å². The molecule has 0 saturated carbocycles. The number of para-hydroxylation sites is 1. The van der Waals surface area contributed by atoms with Crippen molar-refractivity contribution in [3.05, 3.63) is 65.8 Å². The van der Waals surface area contributed by atoms with Crippen LogP contribution < -0.4 is 4.90 Å². The molecule has 1 amide bonds. The Morgan fingerprint density at radius 1 is 1.16 bits per heavy atom. The lowest BCUT2D eigenvalue weighted by molar-refractivity contribution is -0.128. The predicted molar refractivity (Wildman–Crippen MR) is 112 cm³/mol. The molecule has 1 aromatic heterocycles. The lowest BCUT2D eigenvalue weighted by atomic mass is 9.96. The molecule has 3 aromatic rings. The lowest BCUT2D eigenvalue weighted by Gasteiger charge is -2.43. The minimum atomic E-state index is -2.90. The molecule has 1 aliphatic rings. The molecule has 0 spiro atoms. The topological polar surface area (TPSA) is 62.5 Å². The van der Waals surface area contributed by atoms with E-state index in [0.29, 0.717) is 30.4 Å². The predicted octanol–water partition coefficient (Wildman–Crippen LogP) is 4.69. The van der Waals surface area contributed by atoms with Crippen LogP contribution in [0.4, 0.5) is 18.9 Å². The van der Waals surface area contributed by atoms with Crippen molar-refractivity contribution in [2.45, 2.75) is 32.9 Å². The van der Waals surface area contributed by atoms with E-state index in [4.69, 9.17) is 4.42 Å². The molecular formula is C23H23F3N4O2. The summed E-state index contributed by atoms with van der Waals surface area (Å²) in [6, 6.07) is 13.7. The third kappa shape index (κ3) is 4.52. The van der Waals surface area contributed by atoms with Gasteiger partial charge in [-0.3, -0.25) is 9.69 Å². The second kappa shape index (κ2) is 9.12. The molecule has 9 heteroatoms. The Morgan fingerprint density at radius 2 is 1.88 bits per heavy atom. The zero-order valence-electron chi connectivity index (χ0n) is 17.7. The number of carbonyl (C=O) groups excluding carboxylic acids is 1. The van der Waals surface area contributed by atoms with E-state index in [1.54, 1.807) is 4.90 Å². The van der Waals surface area contributed by atoms with Gasteiger partial charge in [-0.05, 0) is 38.1 Å². The number of alkyl halides is 2. The summed E-state index contributed by atoms with van der Waals surface area (Å²) in [5, 5.41) is 6.81. The normalized spacial score (nSPS) is 14.7. The number of anilines is 1. The van der Waals surface area contributed by atoms with Gasteiger partial charge in [0.2, 0.25) is 11.8 Å². The van der Waals surface area contributed by atoms with Crippen molar-refractivity contribution in [2.24, 2.45) is 5.92 Å². The van der Waals surface area contributed by atoms with Gasteiger partial charge in [0.1, 0.15) is 5.82 Å². The van der Waals surface area contributed by atoms with Gasteiger partial charge in [0.25, 0.3) is 5.89 Å². The summed E-state index contributed by atoms with van der Waals surface area (Å²) >= 11 is 0. The highest BCUT2D eigenvalue weighted by Gasteiger charge is 2.37. The molecule has 1 saturated heterocycles. The number of hydrogen-bond acceptors (Lipinski definition) is 5. The van der Waals surface area contributed by atoms with Gasteiger partial charge in [-0.2, -0.15) is 8.78 Å². The number of carbonyl (C=O) groups is 1. The number of likely N-dealkylation sites (tertiary alicyclic amines) is 1. The van der Waals surface area contributed by atoms with Gasteiger partial charge < -0.3 is 9.32 Å². The van der Waals surface area contributed by atoms with Gasteiger partial charge in [-0.1, -0.05) is 24.3 Å². The fourth-order valence-corrected chi connectivity index (χ4v) is 3.63. The van der Waals surface area contributed by atoms with Gasteiger partial charge >= 0.3 is 6.43 Å². The van der Waals surface area contributed by atoms with Crippen LogP contribution in [0.25, 0.3) is 11.5 Å². The van der Waals surface area contributed by atoms with Crippen molar-refractivity contribution in [3.8, 4) is 11.5 Å². The Kier molecular flexibility index (Phi) is 6.27. The van der Waals surface area contributed by atoms with Crippen LogP contribution in [0.2, 0.25) is 0 Å². The van der Waals surface area contributed by atoms with Crippen molar-refractivity contribution in [3.63, 3.8) is 0 Å². The van der Waals surface area contributed by atoms with E-state index in [1.165, 1.54) is 12.1 Å². The van der Waals surface area contributed by atoms with Gasteiger partial charge in [-0.25, -0.2) is 4.39 Å². The summed E-state index contributed by atoms with van der Waals surface area (Å²) in [6.07, 6.45) is -2.90. The summed E-state index contributed by atoms with van der Waals surface area (Å²) in [6.45, 7) is 5.55. The maximum atomic E-state index is 14.9. The first-order valence-corrected chi connectivity index (χ1v) is 10.3. The first-order chi connectivity index (χ1) is 15.3. The first-order valence-electron chi connectivity index (χ1n) is 10.3. The molecule has 1 fully saturated rings. The fraction of sp³-hybridized carbons (Fsp3) is 0.348. The monoisotopic (exact) mass is 444 g/mol. The van der Waals surface area contributed by atoms with Crippen molar-refractivity contribution >= 4 is 11.6 Å². The smallest absolute Gasteiger partial charge is 0.314 e. The van der Waals surface area contributed by atoms with Crippen LogP contribution in [0.5, 0.6) is 0 Å². The van der Waals surface area contributed by atoms with Gasteiger partial charge in [0.15, 0.2) is 0 Å². The van der Waals surface area contributed by atoms with E-state index < -0.39 is 18.1 Å². The highest BCUT2D eigenvalue weighted by atomic mass is 19.3. The maximum absolute atomic E-state index is 14.9. The van der Waals surface area contributed by atoms with Crippen molar-refractivity contribution in [2.75, 3.05) is 18.0 Å². The van der Waals surface area contributed by atoms with Crippen molar-refractivity contribution in [1.82, 2.24) is 15.1 Å². The number of rotatable bonds is 7. The van der Waals surface area contributed by atoms with E-state index in [1.807, 2.05) is 30.3 Å². The number of halogens is 3. The van der Waals surface area contributed by atoms with E-state index in [-0.39, 0.29) is 29.8 Å². The Labute approximate surface area is 183 Å². The third-order valence-corrected chi connectivity index (χ3v) is 5.58. The number of hydrogen-bond donors (Lipinski definition) is 0. The van der Waals surface area contributed by atoms with Crippen LogP contribution in [-0.2, 0) is 11.3 Å². The molecule has 0 atom stereocenters. The molecule has 0 radical (unpaired) electrons. The van der Waals surface area contributed by atoms with E-state index >= 15 is 0 Å². The second-order valence-corrected chi connectivity index (χ2v) is 8.06. The van der Waals surface area contributed by atoms with E-state index in [9.17, 15) is 18.0 Å². The molecule has 0 bridgehead atoms. The highest BCUT2D eigenvalue weighted by Crippen LogP contribution is 2.28. The Hall–Kier alpha value is -3.20. The Bertz CT molecular complexity index is 1080. The molecule has 168 valence electrons. The zero-order valence-corrected chi connectivity index (χ0v) is 17.7. The summed E-state index contributed by atoms with van der Waals surface area (Å²) in [5.41, 5.74) is 1.16. The molecule has 2 heterocycles. The molecule has 0 aliphatic carbocycles. The Morgan fingerprint density at radius 3 is 2.47 bits per heavy atom. The van der Waals surface area contributed by atoms with Crippen LogP contribution in [-0.4, -0.2) is 40.1 Å². The second-order valence-electron chi connectivity index (χ2n) is 8.06. The standard InChI is InChI=1S/C23H23F3N4O2/c1-14(2)29-11-17(12-29)23(31)30(18-6-4-3-5-7-18)13-16-9-8-15(10-19(16)24)21-27-28-22(32-21)20(25)26/h3-10,14,17,20H,11-13H2,1-2H3. The first kappa shape index (κ1) is 22.0. The average molecular weight is 444 g/mol. The quantitative estimate of drug-likeness (QED) is 0.529. The van der Waals surface area contributed by atoms with Crippen LogP contribution in [0, 0.1) is 11.7 Å². The molecule has 4 rings (SSSR count). The van der Waals surface area contributed by atoms with Crippen LogP contribution in [0.15, 0.2) is 52.9 Å². The molecule has 32 heavy (non-hydrogen) atoms. The summed E-state index contributed by atoms with van der Waals surface area (Å²) in [4.78, 5) is 17.0. The van der Waals surface area contributed by atoms with Crippen LogP contribution in [0.1, 0.15) is 31.7 Å². The number of nitrogens with zero attached hydrogens (tertiary/aromatic N) is 4. The minimum absolute atomic E-state index is 0.0409.